The number of nitrogen functional groups attached to an aromatic ring is 1. The van der Waals surface area contributed by atoms with Gasteiger partial charge in [-0.2, -0.15) is 0 Å². The summed E-state index contributed by atoms with van der Waals surface area (Å²) in [5.41, 5.74) is 5.34. The van der Waals surface area contributed by atoms with Crippen LogP contribution in [0.15, 0.2) is 12.3 Å². The van der Waals surface area contributed by atoms with Crippen LogP contribution >= 0.6 is 0 Å². The molecule has 0 saturated heterocycles. The smallest absolute Gasteiger partial charge is 0.131 e. The Balaban J connectivity index is 2.75. The van der Waals surface area contributed by atoms with Crippen LogP contribution in [-0.4, -0.2) is 16.2 Å². The van der Waals surface area contributed by atoms with E-state index in [0.29, 0.717) is 11.6 Å². The monoisotopic (exact) mass is 136 g/mol. The maximum atomic E-state index is 6.67. The number of hydrogen-bond donors (Lipinski definition) is 3. The predicted octanol–water partition coefficient (Wildman–Crippen LogP) is 0.655. The summed E-state index contributed by atoms with van der Waals surface area (Å²) < 4.78 is 0. The standard InChI is InChI=1S/C6H8N4/c7-3-1-2-6-9-4-5(8)10-6/h1-4,7H,8H2,(H,9,10)/b2-1-,7-3?. The molecule has 1 aromatic rings. The van der Waals surface area contributed by atoms with Crippen LogP contribution in [0.3, 0.4) is 0 Å². The summed E-state index contributed by atoms with van der Waals surface area (Å²) in [6.45, 7) is 0. The van der Waals surface area contributed by atoms with Crippen molar-refractivity contribution in [2.75, 3.05) is 5.73 Å². The van der Waals surface area contributed by atoms with Gasteiger partial charge in [0, 0.05) is 6.21 Å². The summed E-state index contributed by atoms with van der Waals surface area (Å²) >= 11 is 0. The van der Waals surface area contributed by atoms with Crippen molar-refractivity contribution in [3.05, 3.63) is 18.1 Å². The maximum Gasteiger partial charge on any atom is 0.131 e. The van der Waals surface area contributed by atoms with Gasteiger partial charge in [-0.1, -0.05) is 0 Å². The molecule has 10 heavy (non-hydrogen) atoms. The van der Waals surface area contributed by atoms with Gasteiger partial charge in [-0.05, 0) is 12.2 Å². The fourth-order valence-electron chi connectivity index (χ4n) is 0.575. The van der Waals surface area contributed by atoms with Gasteiger partial charge in [0.05, 0.1) is 6.20 Å². The van der Waals surface area contributed by atoms with Crippen molar-refractivity contribution in [2.45, 2.75) is 0 Å². The lowest BCUT2D eigenvalue weighted by Gasteiger charge is -1.79. The molecule has 0 fully saturated rings. The third-order valence-electron chi connectivity index (χ3n) is 0.965. The molecule has 0 saturated carbocycles. The lowest BCUT2D eigenvalue weighted by molar-refractivity contribution is 1.27. The SMILES string of the molecule is N=C/C=C\c1ncc(N)[nH]1. The van der Waals surface area contributed by atoms with Crippen molar-refractivity contribution >= 4 is 18.1 Å². The number of nitrogens with zero attached hydrogens (tertiary/aromatic N) is 1. The fraction of sp³-hybridized carbons (Fsp3) is 0. The van der Waals surface area contributed by atoms with Gasteiger partial charge in [0.25, 0.3) is 0 Å². The van der Waals surface area contributed by atoms with Crippen LogP contribution in [0.4, 0.5) is 5.82 Å². The number of nitrogens with two attached hydrogens (primary N) is 1. The highest BCUT2D eigenvalue weighted by Crippen LogP contribution is 1.98. The van der Waals surface area contributed by atoms with E-state index in [1.165, 1.54) is 12.4 Å². The Kier molecular flexibility index (Phi) is 1.84. The first kappa shape index (κ1) is 6.54. The normalized spacial score (nSPS) is 10.4. The van der Waals surface area contributed by atoms with Crippen LogP contribution in [0.5, 0.6) is 0 Å². The molecule has 4 nitrogen and oxygen atoms in total. The van der Waals surface area contributed by atoms with Crippen molar-refractivity contribution in [3.8, 4) is 0 Å². The Hall–Kier alpha value is -1.58. The average Bonchev–Trinajstić information content (AvgIpc) is 2.31. The Morgan fingerprint density at radius 3 is 3.00 bits per heavy atom. The van der Waals surface area contributed by atoms with Crippen molar-refractivity contribution in [1.29, 1.82) is 5.41 Å². The number of allylic oxidation sites excluding steroid dienone is 1. The van der Waals surface area contributed by atoms with Crippen molar-refractivity contribution in [3.63, 3.8) is 0 Å². The molecule has 0 aliphatic carbocycles. The predicted molar refractivity (Wildman–Crippen MR) is 40.8 cm³/mol. The van der Waals surface area contributed by atoms with Gasteiger partial charge in [0.2, 0.25) is 0 Å². The number of rotatable bonds is 2. The molecule has 0 radical (unpaired) electrons. The van der Waals surface area contributed by atoms with Crippen LogP contribution in [0.25, 0.3) is 6.08 Å². The van der Waals surface area contributed by atoms with Crippen molar-refractivity contribution in [2.24, 2.45) is 0 Å². The van der Waals surface area contributed by atoms with E-state index in [4.69, 9.17) is 11.1 Å². The minimum Gasteiger partial charge on any atom is -0.384 e. The molecule has 0 spiro atoms. The number of aromatic nitrogens is 2. The molecule has 1 rings (SSSR count). The quantitative estimate of drug-likeness (QED) is 0.522. The van der Waals surface area contributed by atoms with Crippen LogP contribution in [0, 0.1) is 5.41 Å². The lowest BCUT2D eigenvalue weighted by atomic mass is 10.5. The first-order chi connectivity index (χ1) is 4.83. The summed E-state index contributed by atoms with van der Waals surface area (Å²) in [7, 11) is 0. The topological polar surface area (TPSA) is 78.6 Å². The van der Waals surface area contributed by atoms with Gasteiger partial charge in [-0.3, -0.25) is 0 Å². The highest BCUT2D eigenvalue weighted by atomic mass is 15.0. The third-order valence-corrected chi connectivity index (χ3v) is 0.965. The van der Waals surface area contributed by atoms with E-state index in [-0.39, 0.29) is 0 Å². The van der Waals surface area contributed by atoms with E-state index >= 15 is 0 Å². The summed E-state index contributed by atoms with van der Waals surface area (Å²) in [4.78, 5) is 6.67. The summed E-state index contributed by atoms with van der Waals surface area (Å²) in [6, 6.07) is 0. The van der Waals surface area contributed by atoms with Crippen LogP contribution in [0.2, 0.25) is 0 Å². The molecule has 0 aromatic carbocycles. The van der Waals surface area contributed by atoms with E-state index in [1.54, 1.807) is 12.2 Å². The summed E-state index contributed by atoms with van der Waals surface area (Å²) in [5.74, 6) is 1.20. The number of anilines is 1. The zero-order valence-electron chi connectivity index (χ0n) is 5.33. The van der Waals surface area contributed by atoms with E-state index in [0.717, 1.165) is 0 Å². The first-order valence-corrected chi connectivity index (χ1v) is 2.80. The largest absolute Gasteiger partial charge is 0.384 e. The molecule has 1 heterocycles. The van der Waals surface area contributed by atoms with E-state index in [9.17, 15) is 0 Å². The van der Waals surface area contributed by atoms with Crippen LogP contribution < -0.4 is 5.73 Å². The van der Waals surface area contributed by atoms with Gasteiger partial charge in [0.1, 0.15) is 11.6 Å². The second-order valence-electron chi connectivity index (χ2n) is 1.75. The molecule has 0 atom stereocenters. The molecule has 1 aromatic heterocycles. The number of hydrogen-bond acceptors (Lipinski definition) is 3. The van der Waals surface area contributed by atoms with Crippen LogP contribution in [-0.2, 0) is 0 Å². The fourth-order valence-corrected chi connectivity index (χ4v) is 0.575. The Morgan fingerprint density at radius 1 is 1.70 bits per heavy atom. The zero-order chi connectivity index (χ0) is 7.40. The zero-order valence-corrected chi connectivity index (χ0v) is 5.33. The van der Waals surface area contributed by atoms with E-state index < -0.39 is 0 Å². The van der Waals surface area contributed by atoms with Gasteiger partial charge in [-0.25, -0.2) is 4.98 Å². The van der Waals surface area contributed by atoms with E-state index in [1.807, 2.05) is 0 Å². The maximum absolute atomic E-state index is 6.67. The lowest BCUT2D eigenvalue weighted by Crippen LogP contribution is -1.82. The average molecular weight is 136 g/mol. The second-order valence-corrected chi connectivity index (χ2v) is 1.75. The van der Waals surface area contributed by atoms with Gasteiger partial charge < -0.3 is 16.1 Å². The highest BCUT2D eigenvalue weighted by molar-refractivity contribution is 5.74. The van der Waals surface area contributed by atoms with Crippen molar-refractivity contribution < 1.29 is 0 Å². The molecule has 4 heteroatoms. The molecule has 0 aliphatic heterocycles. The number of H-pyrrole nitrogens is 1. The van der Waals surface area contributed by atoms with Crippen molar-refractivity contribution in [1.82, 2.24) is 9.97 Å². The van der Waals surface area contributed by atoms with E-state index in [2.05, 4.69) is 9.97 Å². The first-order valence-electron chi connectivity index (χ1n) is 2.80. The molecule has 52 valence electrons. The molecule has 0 unspecified atom stereocenters. The van der Waals surface area contributed by atoms with Crippen LogP contribution in [0.1, 0.15) is 5.82 Å². The molecule has 0 bridgehead atoms. The molecule has 4 N–H and O–H groups in total. The Bertz CT molecular complexity index is 248. The highest BCUT2D eigenvalue weighted by Gasteiger charge is 1.88. The Morgan fingerprint density at radius 2 is 2.50 bits per heavy atom. The minimum absolute atomic E-state index is 0.532. The number of nitrogens with one attached hydrogen (secondary N) is 2. The minimum atomic E-state index is 0.532. The number of aromatic amines is 1. The molecular weight excluding hydrogens is 128 g/mol. The third kappa shape index (κ3) is 1.45. The van der Waals surface area contributed by atoms with Gasteiger partial charge in [0.15, 0.2) is 0 Å². The van der Waals surface area contributed by atoms with Gasteiger partial charge in [-0.15, -0.1) is 0 Å². The van der Waals surface area contributed by atoms with Gasteiger partial charge >= 0.3 is 0 Å². The molecular formula is C6H8N4. The molecule has 0 amide bonds. The number of imidazole rings is 1. The summed E-state index contributed by atoms with van der Waals surface area (Å²) in [6.07, 6.45) is 5.95. The summed E-state index contributed by atoms with van der Waals surface area (Å²) in [5, 5.41) is 6.67. The molecule has 0 aliphatic rings. The second kappa shape index (κ2) is 2.82. The Labute approximate surface area is 58.3 Å².